The van der Waals surface area contributed by atoms with Crippen LogP contribution in [0.3, 0.4) is 0 Å². The Kier molecular flexibility index (Phi) is 4.33. The van der Waals surface area contributed by atoms with Crippen LogP contribution in [0.2, 0.25) is 0 Å². The standard InChI is InChI=1S/C15H17N3O3S/c19-13(16-12-6-9-22-14(12)20)10-17-7-8-18(15(17)21)11-4-2-1-3-5-11/h1-5,12H,6-10H2,(H,16,19). The summed E-state index contributed by atoms with van der Waals surface area (Å²) in [5.41, 5.74) is 0.831. The number of para-hydroxylation sites is 1. The molecule has 6 nitrogen and oxygen atoms in total. The van der Waals surface area contributed by atoms with Gasteiger partial charge in [-0.1, -0.05) is 30.0 Å². The molecule has 3 amide bonds. The van der Waals surface area contributed by atoms with Gasteiger partial charge in [0, 0.05) is 24.5 Å². The number of anilines is 1. The molecule has 22 heavy (non-hydrogen) atoms. The summed E-state index contributed by atoms with van der Waals surface area (Å²) >= 11 is 1.25. The van der Waals surface area contributed by atoms with Crippen molar-refractivity contribution >= 4 is 34.5 Å². The lowest BCUT2D eigenvalue weighted by atomic mass is 10.2. The van der Waals surface area contributed by atoms with E-state index >= 15 is 0 Å². The third-order valence-corrected chi connectivity index (χ3v) is 4.78. The zero-order chi connectivity index (χ0) is 15.5. The Hall–Kier alpha value is -2.02. The van der Waals surface area contributed by atoms with Crippen LogP contribution in [0.1, 0.15) is 6.42 Å². The fourth-order valence-corrected chi connectivity index (χ4v) is 3.55. The summed E-state index contributed by atoms with van der Waals surface area (Å²) in [7, 11) is 0. The van der Waals surface area contributed by atoms with E-state index in [0.717, 1.165) is 11.4 Å². The summed E-state index contributed by atoms with van der Waals surface area (Å²) in [6, 6.07) is 8.81. The minimum Gasteiger partial charge on any atom is -0.344 e. The fraction of sp³-hybridized carbons (Fsp3) is 0.400. The highest BCUT2D eigenvalue weighted by molar-refractivity contribution is 8.14. The molecular weight excluding hydrogens is 302 g/mol. The highest BCUT2D eigenvalue weighted by atomic mass is 32.2. The van der Waals surface area contributed by atoms with Crippen molar-refractivity contribution in [3.63, 3.8) is 0 Å². The van der Waals surface area contributed by atoms with Crippen molar-refractivity contribution in [3.05, 3.63) is 30.3 Å². The number of carbonyl (C=O) groups excluding carboxylic acids is 3. The van der Waals surface area contributed by atoms with Gasteiger partial charge in [0.2, 0.25) is 11.0 Å². The maximum atomic E-state index is 12.3. The van der Waals surface area contributed by atoms with Crippen molar-refractivity contribution in [1.29, 1.82) is 0 Å². The first-order valence-electron chi connectivity index (χ1n) is 7.22. The van der Waals surface area contributed by atoms with Crippen molar-refractivity contribution in [1.82, 2.24) is 10.2 Å². The van der Waals surface area contributed by atoms with Crippen LogP contribution < -0.4 is 10.2 Å². The molecule has 0 bridgehead atoms. The van der Waals surface area contributed by atoms with Crippen LogP contribution in [-0.2, 0) is 9.59 Å². The summed E-state index contributed by atoms with van der Waals surface area (Å²) in [5, 5.41) is 2.72. The Morgan fingerprint density at radius 3 is 2.68 bits per heavy atom. The van der Waals surface area contributed by atoms with E-state index in [4.69, 9.17) is 0 Å². The van der Waals surface area contributed by atoms with E-state index in [0.29, 0.717) is 19.5 Å². The van der Waals surface area contributed by atoms with E-state index in [1.54, 1.807) is 4.90 Å². The molecule has 0 saturated carbocycles. The van der Waals surface area contributed by atoms with Crippen LogP contribution in [0.25, 0.3) is 0 Å². The number of nitrogens with one attached hydrogen (secondary N) is 1. The number of rotatable bonds is 4. The Bertz CT molecular complexity index is 593. The first kappa shape index (κ1) is 14.9. The summed E-state index contributed by atoms with van der Waals surface area (Å²) < 4.78 is 0. The predicted octanol–water partition coefficient (Wildman–Crippen LogP) is 1.08. The highest BCUT2D eigenvalue weighted by Gasteiger charge is 2.32. The van der Waals surface area contributed by atoms with Gasteiger partial charge < -0.3 is 10.2 Å². The molecule has 116 valence electrons. The number of carbonyl (C=O) groups is 3. The number of thioether (sulfide) groups is 1. The van der Waals surface area contributed by atoms with Crippen LogP contribution in [0, 0.1) is 0 Å². The molecule has 2 saturated heterocycles. The van der Waals surface area contributed by atoms with Crippen LogP contribution >= 0.6 is 11.8 Å². The van der Waals surface area contributed by atoms with Crippen LogP contribution in [0.15, 0.2) is 30.3 Å². The number of urea groups is 1. The van der Waals surface area contributed by atoms with Gasteiger partial charge in [-0.25, -0.2) is 4.79 Å². The second kappa shape index (κ2) is 6.39. The third-order valence-electron chi connectivity index (χ3n) is 3.77. The molecule has 0 radical (unpaired) electrons. The molecule has 7 heteroatoms. The van der Waals surface area contributed by atoms with Crippen LogP contribution in [0.5, 0.6) is 0 Å². The average molecular weight is 319 g/mol. The monoisotopic (exact) mass is 319 g/mol. The molecule has 2 aliphatic heterocycles. The minimum atomic E-state index is -0.402. The average Bonchev–Trinajstić information content (AvgIpc) is 3.07. The molecule has 0 aromatic heterocycles. The zero-order valence-corrected chi connectivity index (χ0v) is 12.8. The number of hydrogen-bond acceptors (Lipinski definition) is 4. The first-order valence-corrected chi connectivity index (χ1v) is 8.21. The maximum Gasteiger partial charge on any atom is 0.325 e. The molecule has 1 N–H and O–H groups in total. The lowest BCUT2D eigenvalue weighted by molar-refractivity contribution is -0.124. The number of amides is 3. The number of nitrogens with zero attached hydrogens (tertiary/aromatic N) is 2. The Balaban J connectivity index is 1.56. The smallest absolute Gasteiger partial charge is 0.325 e. The molecule has 1 aromatic rings. The minimum absolute atomic E-state index is 0.00336. The van der Waals surface area contributed by atoms with Gasteiger partial charge in [0.05, 0.1) is 6.04 Å². The highest BCUT2D eigenvalue weighted by Crippen LogP contribution is 2.21. The van der Waals surface area contributed by atoms with Gasteiger partial charge in [0.1, 0.15) is 6.54 Å². The van der Waals surface area contributed by atoms with E-state index in [2.05, 4.69) is 5.32 Å². The topological polar surface area (TPSA) is 69.7 Å². The molecule has 1 aromatic carbocycles. The number of hydrogen-bond donors (Lipinski definition) is 1. The van der Waals surface area contributed by atoms with Crippen molar-refractivity contribution in [3.8, 4) is 0 Å². The lowest BCUT2D eigenvalue weighted by Gasteiger charge is -2.19. The van der Waals surface area contributed by atoms with E-state index < -0.39 is 6.04 Å². The van der Waals surface area contributed by atoms with Gasteiger partial charge in [-0.05, 0) is 18.6 Å². The van der Waals surface area contributed by atoms with Crippen LogP contribution in [0.4, 0.5) is 10.5 Å². The van der Waals surface area contributed by atoms with E-state index in [1.165, 1.54) is 16.7 Å². The zero-order valence-electron chi connectivity index (χ0n) is 12.0. The molecule has 2 fully saturated rings. The summed E-state index contributed by atoms with van der Waals surface area (Å²) in [6.45, 7) is 1.07. The molecular formula is C15H17N3O3S. The summed E-state index contributed by atoms with van der Waals surface area (Å²) in [5.74, 6) is 0.470. The molecule has 0 spiro atoms. The van der Waals surface area contributed by atoms with Gasteiger partial charge in [0.15, 0.2) is 0 Å². The number of benzene rings is 1. The fourth-order valence-electron chi connectivity index (χ4n) is 2.62. The third kappa shape index (κ3) is 3.09. The first-order chi connectivity index (χ1) is 10.6. The van der Waals surface area contributed by atoms with E-state index in [1.807, 2.05) is 30.3 Å². The van der Waals surface area contributed by atoms with Gasteiger partial charge in [-0.3, -0.25) is 14.5 Å². The summed E-state index contributed by atoms with van der Waals surface area (Å²) in [6.07, 6.45) is 0.666. The molecule has 3 rings (SSSR count). The largest absolute Gasteiger partial charge is 0.344 e. The van der Waals surface area contributed by atoms with Crippen molar-refractivity contribution < 1.29 is 14.4 Å². The molecule has 1 atom stereocenters. The normalized spacial score (nSPS) is 21.5. The maximum absolute atomic E-state index is 12.3. The summed E-state index contributed by atoms with van der Waals surface area (Å²) in [4.78, 5) is 39.0. The van der Waals surface area contributed by atoms with Gasteiger partial charge >= 0.3 is 6.03 Å². The Morgan fingerprint density at radius 1 is 1.23 bits per heavy atom. The predicted molar refractivity (Wildman–Crippen MR) is 84.8 cm³/mol. The lowest BCUT2D eigenvalue weighted by Crippen LogP contribution is -2.44. The van der Waals surface area contributed by atoms with Crippen molar-refractivity contribution in [2.45, 2.75) is 12.5 Å². The molecule has 2 heterocycles. The SMILES string of the molecule is O=C(CN1CCN(c2ccccc2)C1=O)NC1CCSC1=O. The molecule has 0 aliphatic carbocycles. The van der Waals surface area contributed by atoms with Crippen LogP contribution in [-0.4, -0.2) is 53.4 Å². The molecule has 1 unspecified atom stereocenters. The van der Waals surface area contributed by atoms with E-state index in [9.17, 15) is 14.4 Å². The van der Waals surface area contributed by atoms with Gasteiger partial charge in [-0.15, -0.1) is 0 Å². The van der Waals surface area contributed by atoms with Crippen molar-refractivity contribution in [2.75, 3.05) is 30.3 Å². The second-order valence-electron chi connectivity index (χ2n) is 5.27. The van der Waals surface area contributed by atoms with Crippen molar-refractivity contribution in [2.24, 2.45) is 0 Å². The molecule has 2 aliphatic rings. The van der Waals surface area contributed by atoms with E-state index in [-0.39, 0.29) is 23.6 Å². The Morgan fingerprint density at radius 2 is 2.00 bits per heavy atom. The second-order valence-corrected chi connectivity index (χ2v) is 6.37. The Labute approximate surface area is 132 Å². The van der Waals surface area contributed by atoms with Gasteiger partial charge in [-0.2, -0.15) is 0 Å². The van der Waals surface area contributed by atoms with Gasteiger partial charge in [0.25, 0.3) is 0 Å². The quantitative estimate of drug-likeness (QED) is 0.901.